The van der Waals surface area contributed by atoms with Crippen LogP contribution in [0.3, 0.4) is 0 Å². The van der Waals surface area contributed by atoms with E-state index in [0.29, 0.717) is 0 Å². The fourth-order valence-corrected chi connectivity index (χ4v) is 2.92. The van der Waals surface area contributed by atoms with Gasteiger partial charge in [0.15, 0.2) is 5.40 Å². The zero-order valence-corrected chi connectivity index (χ0v) is 9.84. The van der Waals surface area contributed by atoms with Crippen molar-refractivity contribution in [2.24, 2.45) is 5.73 Å². The Morgan fingerprint density at radius 1 is 1.13 bits per heavy atom. The SMILES string of the molecule is CC(N)COCC(P(=O)(O)O)P(=O)(O)O. The Bertz CT molecular complexity index is 259. The minimum absolute atomic E-state index is 0.0312. The van der Waals surface area contributed by atoms with Crippen LogP contribution in [0, 0.1) is 0 Å². The van der Waals surface area contributed by atoms with Gasteiger partial charge in [-0.05, 0) is 6.92 Å². The van der Waals surface area contributed by atoms with Crippen molar-refractivity contribution in [1.82, 2.24) is 0 Å². The van der Waals surface area contributed by atoms with Crippen molar-refractivity contribution in [2.45, 2.75) is 18.4 Å². The molecule has 0 aliphatic heterocycles. The molecule has 0 heterocycles. The van der Waals surface area contributed by atoms with Gasteiger partial charge in [0.1, 0.15) is 0 Å². The minimum Gasteiger partial charge on any atom is -0.378 e. The van der Waals surface area contributed by atoms with E-state index in [1.807, 2.05) is 0 Å². The summed E-state index contributed by atoms with van der Waals surface area (Å²) in [6, 6.07) is -0.376. The number of ether oxygens (including phenoxy) is 1. The van der Waals surface area contributed by atoms with Gasteiger partial charge in [-0.3, -0.25) is 9.13 Å². The van der Waals surface area contributed by atoms with Crippen LogP contribution in [-0.2, 0) is 13.9 Å². The molecule has 0 radical (unpaired) electrons. The number of hydrogen-bond donors (Lipinski definition) is 5. The quantitative estimate of drug-likeness (QED) is 0.384. The molecule has 0 aliphatic carbocycles. The van der Waals surface area contributed by atoms with Gasteiger partial charge in [0.25, 0.3) is 0 Å². The predicted molar refractivity (Wildman–Crippen MR) is 52.3 cm³/mol. The largest absolute Gasteiger partial charge is 0.378 e. The van der Waals surface area contributed by atoms with Gasteiger partial charge in [-0.25, -0.2) is 0 Å². The summed E-state index contributed by atoms with van der Waals surface area (Å²) in [4.78, 5) is 34.7. The van der Waals surface area contributed by atoms with Crippen LogP contribution < -0.4 is 5.73 Å². The van der Waals surface area contributed by atoms with Gasteiger partial charge in [0.2, 0.25) is 0 Å². The van der Waals surface area contributed by atoms with Crippen LogP contribution in [0.5, 0.6) is 0 Å². The molecule has 0 spiro atoms. The van der Waals surface area contributed by atoms with Gasteiger partial charge in [-0.1, -0.05) is 0 Å². The van der Waals surface area contributed by atoms with E-state index in [4.69, 9.17) is 30.0 Å². The first-order chi connectivity index (χ1) is 6.55. The molecule has 0 rings (SSSR count). The maximum Gasteiger partial charge on any atom is 0.343 e. The second kappa shape index (κ2) is 5.52. The lowest BCUT2D eigenvalue weighted by Crippen LogP contribution is -2.25. The molecule has 0 aromatic rings. The number of hydrogen-bond acceptors (Lipinski definition) is 4. The molecule has 0 fully saturated rings. The Kier molecular flexibility index (Phi) is 5.60. The van der Waals surface area contributed by atoms with Crippen LogP contribution >= 0.6 is 15.2 Å². The van der Waals surface area contributed by atoms with Crippen molar-refractivity contribution in [3.63, 3.8) is 0 Å². The smallest absolute Gasteiger partial charge is 0.343 e. The third-order valence-corrected chi connectivity index (χ3v) is 5.08. The summed E-state index contributed by atoms with van der Waals surface area (Å²) in [6.45, 7) is 0.830. The Labute approximate surface area is 86.8 Å². The van der Waals surface area contributed by atoms with Gasteiger partial charge in [0.05, 0.1) is 13.2 Å². The van der Waals surface area contributed by atoms with E-state index >= 15 is 0 Å². The molecule has 0 aromatic carbocycles. The molecule has 0 bridgehead atoms. The highest BCUT2D eigenvalue weighted by molar-refractivity contribution is 7.70. The second-order valence-corrected chi connectivity index (χ2v) is 7.18. The van der Waals surface area contributed by atoms with Gasteiger partial charge in [-0.2, -0.15) is 0 Å². The van der Waals surface area contributed by atoms with Gasteiger partial charge < -0.3 is 30.0 Å². The summed E-state index contributed by atoms with van der Waals surface area (Å²) in [5.74, 6) is 0. The second-order valence-electron chi connectivity index (χ2n) is 3.17. The monoisotopic (exact) mass is 263 g/mol. The zero-order valence-electron chi connectivity index (χ0n) is 8.05. The summed E-state index contributed by atoms with van der Waals surface area (Å²) in [7, 11) is -9.77. The molecular weight excluding hydrogens is 248 g/mol. The molecule has 1 atom stereocenters. The van der Waals surface area contributed by atoms with Gasteiger partial charge in [0, 0.05) is 6.04 Å². The molecule has 0 aromatic heterocycles. The normalized spacial score (nSPS) is 15.7. The van der Waals surface area contributed by atoms with Crippen LogP contribution in [0.15, 0.2) is 0 Å². The summed E-state index contributed by atoms with van der Waals surface area (Å²) in [5.41, 5.74) is 5.28. The first-order valence-electron chi connectivity index (χ1n) is 3.99. The first-order valence-corrected chi connectivity index (χ1v) is 7.35. The Hall–Kier alpha value is 0.220. The summed E-state index contributed by atoms with van der Waals surface area (Å²) in [6.07, 6.45) is 0. The fraction of sp³-hybridized carbons (Fsp3) is 1.00. The third-order valence-electron chi connectivity index (χ3n) is 1.42. The topological polar surface area (TPSA) is 150 Å². The third kappa shape index (κ3) is 6.40. The molecule has 10 heteroatoms. The van der Waals surface area contributed by atoms with Crippen LogP contribution in [-0.4, -0.2) is 44.2 Å². The maximum atomic E-state index is 10.7. The lowest BCUT2D eigenvalue weighted by atomic mass is 10.4. The predicted octanol–water partition coefficient (Wildman–Crippen LogP) is -0.968. The van der Waals surface area contributed by atoms with Crippen LogP contribution in [0.25, 0.3) is 0 Å². The van der Waals surface area contributed by atoms with Crippen LogP contribution in [0.2, 0.25) is 0 Å². The molecule has 92 valence electrons. The minimum atomic E-state index is -4.89. The Morgan fingerprint density at radius 2 is 1.53 bits per heavy atom. The first kappa shape index (κ1) is 15.2. The molecule has 8 nitrogen and oxygen atoms in total. The summed E-state index contributed by atoms with van der Waals surface area (Å²) in [5, 5.41) is -2.12. The standard InChI is InChI=1S/C5H15NO7P2/c1-4(6)2-13-3-5(14(7,8)9)15(10,11)12/h4-5H,2-3,6H2,1H3,(H2,7,8,9)(H2,10,11,12). The molecule has 15 heavy (non-hydrogen) atoms. The van der Waals surface area contributed by atoms with Crippen molar-refractivity contribution in [1.29, 1.82) is 0 Å². The highest BCUT2D eigenvalue weighted by Gasteiger charge is 2.43. The lowest BCUT2D eigenvalue weighted by Gasteiger charge is -2.19. The van der Waals surface area contributed by atoms with Crippen molar-refractivity contribution in [3.8, 4) is 0 Å². The molecule has 1 unspecified atom stereocenters. The number of rotatable bonds is 6. The van der Waals surface area contributed by atoms with E-state index in [0.717, 1.165) is 0 Å². The highest BCUT2D eigenvalue weighted by atomic mass is 31.2. The number of nitrogens with two attached hydrogens (primary N) is 1. The maximum absolute atomic E-state index is 10.7. The summed E-state index contributed by atoms with van der Waals surface area (Å²) >= 11 is 0. The van der Waals surface area contributed by atoms with Crippen molar-refractivity contribution in [3.05, 3.63) is 0 Å². The molecular formula is C5H15NO7P2. The average Bonchev–Trinajstić information content (AvgIpc) is 1.92. The summed E-state index contributed by atoms with van der Waals surface area (Å²) < 4.78 is 26.2. The van der Waals surface area contributed by atoms with E-state index < -0.39 is 27.2 Å². The van der Waals surface area contributed by atoms with Crippen molar-refractivity contribution >= 4 is 15.2 Å². The molecule has 0 aliphatic rings. The van der Waals surface area contributed by atoms with E-state index in [-0.39, 0.29) is 12.6 Å². The Morgan fingerprint density at radius 3 is 1.80 bits per heavy atom. The molecule has 6 N–H and O–H groups in total. The van der Waals surface area contributed by atoms with Gasteiger partial charge >= 0.3 is 15.2 Å². The van der Waals surface area contributed by atoms with Gasteiger partial charge in [-0.15, -0.1) is 0 Å². The van der Waals surface area contributed by atoms with E-state index in [2.05, 4.69) is 0 Å². The van der Waals surface area contributed by atoms with E-state index in [9.17, 15) is 9.13 Å². The van der Waals surface area contributed by atoms with Crippen LogP contribution in [0.1, 0.15) is 6.92 Å². The Balaban J connectivity index is 4.43. The molecule has 0 amide bonds. The van der Waals surface area contributed by atoms with E-state index in [1.54, 1.807) is 6.92 Å². The highest BCUT2D eigenvalue weighted by Crippen LogP contribution is 2.59. The van der Waals surface area contributed by atoms with E-state index in [1.165, 1.54) is 0 Å². The average molecular weight is 263 g/mol. The van der Waals surface area contributed by atoms with Crippen molar-refractivity contribution in [2.75, 3.05) is 13.2 Å². The van der Waals surface area contributed by atoms with Crippen LogP contribution in [0.4, 0.5) is 0 Å². The fourth-order valence-electron chi connectivity index (χ4n) is 0.749. The lowest BCUT2D eigenvalue weighted by molar-refractivity contribution is 0.125. The zero-order chi connectivity index (χ0) is 12.3. The molecule has 0 saturated heterocycles. The molecule has 0 saturated carbocycles. The van der Waals surface area contributed by atoms with Crippen molar-refractivity contribution < 1.29 is 33.4 Å².